The Labute approximate surface area is 195 Å². The molecule has 0 fully saturated rings. The third-order valence-corrected chi connectivity index (χ3v) is 5.77. The van der Waals surface area contributed by atoms with Crippen molar-refractivity contribution in [3.63, 3.8) is 0 Å². The van der Waals surface area contributed by atoms with E-state index >= 15 is 0 Å². The lowest BCUT2D eigenvalue weighted by molar-refractivity contribution is 0.0469. The first-order valence-electron chi connectivity index (χ1n) is 10.3. The maximum Gasteiger partial charge on any atom is 0.340 e. The second-order valence-electron chi connectivity index (χ2n) is 7.44. The van der Waals surface area contributed by atoms with Gasteiger partial charge >= 0.3 is 5.97 Å². The number of Topliss-reactive ketones (excluding diaryl/α,β-unsaturated/α-hetero) is 1. The van der Waals surface area contributed by atoms with Crippen LogP contribution in [0.3, 0.4) is 0 Å². The molecule has 0 N–H and O–H groups in total. The van der Waals surface area contributed by atoms with Gasteiger partial charge in [0.15, 0.2) is 17.3 Å². The Morgan fingerprint density at radius 2 is 1.61 bits per heavy atom. The van der Waals surface area contributed by atoms with Crippen LogP contribution in [0.25, 0.3) is 0 Å². The van der Waals surface area contributed by atoms with Crippen LogP contribution in [0, 0.1) is 0 Å². The number of fused-ring (bicyclic) bond motifs is 2. The minimum atomic E-state index is -0.766. The smallest absolute Gasteiger partial charge is 0.340 e. The van der Waals surface area contributed by atoms with Crippen molar-refractivity contribution in [1.82, 2.24) is 0 Å². The summed E-state index contributed by atoms with van der Waals surface area (Å²) in [6.07, 6.45) is 0. The molecule has 33 heavy (non-hydrogen) atoms. The molecule has 0 atom stereocenters. The summed E-state index contributed by atoms with van der Waals surface area (Å²) in [7, 11) is 0. The summed E-state index contributed by atoms with van der Waals surface area (Å²) >= 11 is 6.43. The van der Waals surface area contributed by atoms with Gasteiger partial charge in [-0.25, -0.2) is 4.79 Å². The highest BCUT2D eigenvalue weighted by molar-refractivity contribution is 6.41. The van der Waals surface area contributed by atoms with Gasteiger partial charge in [0.25, 0.3) is 0 Å². The zero-order valence-corrected chi connectivity index (χ0v) is 18.7. The van der Waals surface area contributed by atoms with Gasteiger partial charge in [-0.1, -0.05) is 35.9 Å². The molecule has 166 valence electrons. The molecule has 0 amide bonds. The highest BCUT2D eigenvalue weighted by atomic mass is 35.5. The average Bonchev–Trinajstić information content (AvgIpc) is 2.81. The molecule has 0 unspecified atom stereocenters. The van der Waals surface area contributed by atoms with Crippen molar-refractivity contribution in [3.05, 3.63) is 98.6 Å². The van der Waals surface area contributed by atoms with Gasteiger partial charge in [0.2, 0.25) is 0 Å². The number of carbonyl (C=O) groups excluding carboxylic acids is 4. The quantitative estimate of drug-likeness (QED) is 0.293. The van der Waals surface area contributed by atoms with Crippen LogP contribution in [-0.2, 0) is 11.3 Å². The Morgan fingerprint density at radius 3 is 2.27 bits per heavy atom. The highest BCUT2D eigenvalue weighted by Gasteiger charge is 2.33. The third-order valence-electron chi connectivity index (χ3n) is 5.38. The van der Waals surface area contributed by atoms with Gasteiger partial charge in [0.1, 0.15) is 12.4 Å². The van der Waals surface area contributed by atoms with Crippen LogP contribution in [0.1, 0.15) is 72.0 Å². The number of rotatable bonds is 6. The van der Waals surface area contributed by atoms with Crippen molar-refractivity contribution >= 4 is 34.9 Å². The van der Waals surface area contributed by atoms with Gasteiger partial charge in [-0.15, -0.1) is 0 Å². The minimum Gasteiger partial charge on any atom is -0.493 e. The van der Waals surface area contributed by atoms with E-state index in [4.69, 9.17) is 21.1 Å². The fraction of sp³-hybridized carbons (Fsp3) is 0.154. The molecule has 0 aromatic heterocycles. The Hall–Kier alpha value is -3.77. The van der Waals surface area contributed by atoms with Gasteiger partial charge in [0.05, 0.1) is 22.8 Å². The molecule has 0 aliphatic heterocycles. The molecule has 0 saturated carbocycles. The van der Waals surface area contributed by atoms with E-state index < -0.39 is 11.8 Å². The number of esters is 1. The van der Waals surface area contributed by atoms with E-state index in [1.165, 1.54) is 19.1 Å². The van der Waals surface area contributed by atoms with Gasteiger partial charge in [-0.2, -0.15) is 0 Å². The summed E-state index contributed by atoms with van der Waals surface area (Å²) in [5.74, 6) is -1.16. The van der Waals surface area contributed by atoms with Gasteiger partial charge in [0, 0.05) is 27.8 Å². The summed E-state index contributed by atoms with van der Waals surface area (Å²) in [4.78, 5) is 50.4. The van der Waals surface area contributed by atoms with Crippen LogP contribution in [-0.4, -0.2) is 29.9 Å². The van der Waals surface area contributed by atoms with Crippen LogP contribution in [0.2, 0.25) is 5.02 Å². The van der Waals surface area contributed by atoms with Gasteiger partial charge < -0.3 is 9.47 Å². The molecule has 7 heteroatoms. The van der Waals surface area contributed by atoms with Crippen molar-refractivity contribution in [2.45, 2.75) is 20.5 Å². The Bertz CT molecular complexity index is 1320. The molecule has 1 aliphatic carbocycles. The summed E-state index contributed by atoms with van der Waals surface area (Å²) in [6, 6.07) is 14.2. The Kier molecular flexibility index (Phi) is 6.11. The predicted molar refractivity (Wildman–Crippen MR) is 121 cm³/mol. The Morgan fingerprint density at radius 1 is 0.909 bits per heavy atom. The van der Waals surface area contributed by atoms with E-state index in [1.807, 2.05) is 6.92 Å². The highest BCUT2D eigenvalue weighted by Crippen LogP contribution is 2.34. The number of benzene rings is 3. The molecule has 3 aromatic rings. The third kappa shape index (κ3) is 4.05. The van der Waals surface area contributed by atoms with Crippen LogP contribution < -0.4 is 4.74 Å². The number of halogens is 1. The lowest BCUT2D eigenvalue weighted by Gasteiger charge is -2.19. The molecule has 0 bridgehead atoms. The van der Waals surface area contributed by atoms with Gasteiger partial charge in [-0.3, -0.25) is 14.4 Å². The second-order valence-corrected chi connectivity index (χ2v) is 7.82. The summed E-state index contributed by atoms with van der Waals surface area (Å²) in [6.45, 7) is 3.49. The van der Waals surface area contributed by atoms with Gasteiger partial charge in [-0.05, 0) is 44.2 Å². The molecule has 0 spiro atoms. The van der Waals surface area contributed by atoms with Crippen LogP contribution in [0.4, 0.5) is 0 Å². The monoisotopic (exact) mass is 462 g/mol. The minimum absolute atomic E-state index is 0.0107. The molecule has 0 saturated heterocycles. The number of hydrogen-bond donors (Lipinski definition) is 0. The molecular formula is C26H19ClO6. The molecule has 0 radical (unpaired) electrons. The number of carbonyl (C=O) groups is 4. The lowest BCUT2D eigenvalue weighted by atomic mass is 9.83. The first kappa shape index (κ1) is 22.4. The molecule has 4 rings (SSSR count). The number of ketones is 3. The van der Waals surface area contributed by atoms with Crippen molar-refractivity contribution in [2.75, 3.05) is 6.61 Å². The molecule has 6 nitrogen and oxygen atoms in total. The first-order chi connectivity index (χ1) is 15.8. The fourth-order valence-electron chi connectivity index (χ4n) is 3.73. The largest absolute Gasteiger partial charge is 0.493 e. The fourth-order valence-corrected chi connectivity index (χ4v) is 4.06. The van der Waals surface area contributed by atoms with Crippen molar-refractivity contribution < 1.29 is 28.7 Å². The maximum absolute atomic E-state index is 13.0. The second kappa shape index (κ2) is 9.00. The van der Waals surface area contributed by atoms with Crippen molar-refractivity contribution in [2.24, 2.45) is 0 Å². The van der Waals surface area contributed by atoms with E-state index in [1.54, 1.807) is 42.5 Å². The number of ether oxygens (including phenoxy) is 2. The van der Waals surface area contributed by atoms with Crippen LogP contribution >= 0.6 is 11.6 Å². The van der Waals surface area contributed by atoms with E-state index in [2.05, 4.69) is 0 Å². The normalized spacial score (nSPS) is 12.1. The van der Waals surface area contributed by atoms with E-state index in [9.17, 15) is 19.2 Å². The lowest BCUT2D eigenvalue weighted by Crippen LogP contribution is -2.22. The predicted octanol–water partition coefficient (Wildman–Crippen LogP) is 5.07. The zero-order valence-electron chi connectivity index (χ0n) is 17.9. The SMILES string of the molecule is CCOc1ccc(C(C)=O)cc1COC(=O)c1ccc2c(c1Cl)C(=O)c1ccccc1C2=O. The molecule has 3 aromatic carbocycles. The maximum atomic E-state index is 13.0. The molecule has 0 heterocycles. The van der Waals surface area contributed by atoms with Crippen LogP contribution in [0.5, 0.6) is 5.75 Å². The molecular weight excluding hydrogens is 444 g/mol. The number of hydrogen-bond acceptors (Lipinski definition) is 6. The van der Waals surface area contributed by atoms with E-state index in [0.717, 1.165) is 0 Å². The first-order valence-corrected chi connectivity index (χ1v) is 10.7. The molecule has 1 aliphatic rings. The standard InChI is InChI=1S/C26H19ClO6/c1-3-32-21-11-8-15(14(2)28)12-16(21)13-33-26(31)20-10-9-19-22(23(20)27)25(30)18-7-5-4-6-17(18)24(19)29/h4-12H,3,13H2,1-2H3. The van der Waals surface area contributed by atoms with Crippen molar-refractivity contribution in [1.29, 1.82) is 0 Å². The van der Waals surface area contributed by atoms with E-state index in [0.29, 0.717) is 29.0 Å². The summed E-state index contributed by atoms with van der Waals surface area (Å²) in [5.41, 5.74) is 1.62. The van der Waals surface area contributed by atoms with Crippen LogP contribution in [0.15, 0.2) is 54.6 Å². The average molecular weight is 463 g/mol. The zero-order chi connectivity index (χ0) is 23.7. The topological polar surface area (TPSA) is 86.7 Å². The van der Waals surface area contributed by atoms with E-state index in [-0.39, 0.29) is 45.4 Å². The Balaban J connectivity index is 1.64. The summed E-state index contributed by atoms with van der Waals surface area (Å²) < 4.78 is 11.0. The van der Waals surface area contributed by atoms with Crippen molar-refractivity contribution in [3.8, 4) is 5.75 Å². The summed E-state index contributed by atoms with van der Waals surface area (Å²) in [5, 5.41) is -0.132.